The number of carbonyl (C=O) groups excluding carboxylic acids is 1. The van der Waals surface area contributed by atoms with Crippen LogP contribution in [0.4, 0.5) is 0 Å². The van der Waals surface area contributed by atoms with E-state index in [2.05, 4.69) is 0 Å². The van der Waals surface area contributed by atoms with E-state index in [0.29, 0.717) is 12.8 Å². The van der Waals surface area contributed by atoms with Gasteiger partial charge < -0.3 is 0 Å². The summed E-state index contributed by atoms with van der Waals surface area (Å²) in [6, 6.07) is 7.70. The number of halogens is 1. The summed E-state index contributed by atoms with van der Waals surface area (Å²) in [5.74, 6) is -1.25. The van der Waals surface area contributed by atoms with Crippen molar-refractivity contribution in [2.75, 3.05) is 0 Å². The van der Waals surface area contributed by atoms with Crippen molar-refractivity contribution in [2.24, 2.45) is 11.7 Å². The maximum Gasteiger partial charge on any atom is 0.211 e. The Labute approximate surface area is 118 Å². The van der Waals surface area contributed by atoms with Crippen LogP contribution in [0.5, 0.6) is 0 Å². The molecule has 0 heterocycles. The van der Waals surface area contributed by atoms with E-state index >= 15 is 0 Å². The molecular weight excluding hydrogens is 286 g/mol. The molecule has 0 bridgehead atoms. The van der Waals surface area contributed by atoms with Crippen LogP contribution in [0.15, 0.2) is 35.2 Å². The Morgan fingerprint density at radius 2 is 1.89 bits per heavy atom. The van der Waals surface area contributed by atoms with Crippen molar-refractivity contribution < 1.29 is 13.2 Å². The lowest BCUT2D eigenvalue weighted by Gasteiger charge is -2.29. The molecule has 4 nitrogen and oxygen atoms in total. The van der Waals surface area contributed by atoms with Crippen molar-refractivity contribution in [2.45, 2.75) is 35.9 Å². The molecule has 0 radical (unpaired) electrons. The summed E-state index contributed by atoms with van der Waals surface area (Å²) in [6.45, 7) is 3.16. The number of hydrogen-bond acceptors (Lipinski definition) is 4. The number of ketones is 1. The summed E-state index contributed by atoms with van der Waals surface area (Å²) in [4.78, 5) is 11.7. The first-order valence-electron chi connectivity index (χ1n) is 6.03. The maximum atomic E-state index is 12.5. The summed E-state index contributed by atoms with van der Waals surface area (Å²) in [5.41, 5.74) is 5.81. The van der Waals surface area contributed by atoms with Gasteiger partial charge in [0.1, 0.15) is 5.78 Å². The lowest BCUT2D eigenvalue weighted by molar-refractivity contribution is -0.121. The highest BCUT2D eigenvalue weighted by atomic mass is 35.5. The summed E-state index contributed by atoms with van der Waals surface area (Å²) in [6.07, 6.45) is 0.960. The second kappa shape index (κ2) is 6.03. The van der Waals surface area contributed by atoms with Gasteiger partial charge in [0.15, 0.2) is 0 Å². The molecule has 2 atom stereocenters. The van der Waals surface area contributed by atoms with Crippen LogP contribution in [0.3, 0.4) is 0 Å². The van der Waals surface area contributed by atoms with Crippen molar-refractivity contribution in [3.05, 3.63) is 30.3 Å². The van der Waals surface area contributed by atoms with Gasteiger partial charge in [-0.25, -0.2) is 8.42 Å². The van der Waals surface area contributed by atoms with Gasteiger partial charge in [-0.15, -0.1) is 0 Å². The monoisotopic (exact) mass is 303 g/mol. The third kappa shape index (κ3) is 3.16. The molecule has 1 rings (SSSR count). The second-order valence-corrected chi connectivity index (χ2v) is 7.47. The molecule has 0 fully saturated rings. The number of nitrogens with two attached hydrogens (primary N) is 1. The Balaban J connectivity index is 3.28. The Hall–Kier alpha value is -0.910. The standard InChI is InChI=1S/C13H18ClNO3S/c1-3-7-12(10(2)16)13(14,15)19(17,18)11-8-5-4-6-9-11/h4-6,8-9,12H,3,7,15H2,1-2H3. The van der Waals surface area contributed by atoms with Crippen molar-refractivity contribution in [1.29, 1.82) is 0 Å². The summed E-state index contributed by atoms with van der Waals surface area (Å²) in [5, 5.41) is 0. The van der Waals surface area contributed by atoms with Crippen molar-refractivity contribution in [1.82, 2.24) is 0 Å². The highest BCUT2D eigenvalue weighted by molar-refractivity contribution is 7.94. The number of carbonyl (C=O) groups is 1. The van der Waals surface area contributed by atoms with Gasteiger partial charge in [-0.1, -0.05) is 43.1 Å². The second-order valence-electron chi connectivity index (χ2n) is 4.47. The molecule has 0 aliphatic rings. The lowest BCUT2D eigenvalue weighted by Crippen LogP contribution is -2.51. The smallest absolute Gasteiger partial charge is 0.211 e. The van der Waals surface area contributed by atoms with Crippen molar-refractivity contribution >= 4 is 27.2 Å². The minimum absolute atomic E-state index is 0.0230. The Kier molecular flexibility index (Phi) is 5.12. The number of rotatable bonds is 6. The number of sulfone groups is 1. The Morgan fingerprint density at radius 3 is 2.32 bits per heavy atom. The van der Waals surface area contributed by atoms with E-state index < -0.39 is 20.1 Å². The summed E-state index contributed by atoms with van der Waals surface area (Å²) < 4.78 is 22.8. The molecule has 0 amide bonds. The zero-order chi connectivity index (χ0) is 14.7. The first-order valence-corrected chi connectivity index (χ1v) is 7.89. The van der Waals surface area contributed by atoms with Crippen LogP contribution in [0.1, 0.15) is 26.7 Å². The topological polar surface area (TPSA) is 77.2 Å². The van der Waals surface area contributed by atoms with E-state index in [1.54, 1.807) is 18.2 Å². The van der Waals surface area contributed by atoms with E-state index in [-0.39, 0.29) is 10.7 Å². The number of benzene rings is 1. The third-order valence-electron chi connectivity index (χ3n) is 3.01. The molecule has 6 heteroatoms. The van der Waals surface area contributed by atoms with E-state index in [0.717, 1.165) is 0 Å². The highest BCUT2D eigenvalue weighted by Crippen LogP contribution is 2.35. The zero-order valence-corrected chi connectivity index (χ0v) is 12.5. The van der Waals surface area contributed by atoms with E-state index in [1.807, 2.05) is 6.92 Å². The molecule has 0 spiro atoms. The molecular formula is C13H18ClNO3S. The van der Waals surface area contributed by atoms with Crippen LogP contribution in [-0.2, 0) is 14.6 Å². The van der Waals surface area contributed by atoms with Crippen LogP contribution in [0.2, 0.25) is 0 Å². The average Bonchev–Trinajstić information content (AvgIpc) is 2.36. The number of Topliss-reactive ketones (excluding diaryl/α,β-unsaturated/α-hetero) is 1. The normalized spacial score (nSPS) is 16.6. The van der Waals surface area contributed by atoms with Gasteiger partial charge in [0, 0.05) is 0 Å². The molecule has 1 aromatic carbocycles. The van der Waals surface area contributed by atoms with E-state index in [9.17, 15) is 13.2 Å². The van der Waals surface area contributed by atoms with E-state index in [4.69, 9.17) is 17.3 Å². The van der Waals surface area contributed by atoms with Gasteiger partial charge in [-0.3, -0.25) is 10.5 Å². The largest absolute Gasteiger partial charge is 0.300 e. The summed E-state index contributed by atoms with van der Waals surface area (Å²) >= 11 is 6.07. The molecule has 0 aliphatic carbocycles. The first kappa shape index (κ1) is 16.1. The molecule has 106 valence electrons. The fourth-order valence-electron chi connectivity index (χ4n) is 1.93. The van der Waals surface area contributed by atoms with Crippen molar-refractivity contribution in [3.63, 3.8) is 0 Å². The average molecular weight is 304 g/mol. The fraction of sp³-hybridized carbons (Fsp3) is 0.462. The quantitative estimate of drug-likeness (QED) is 0.646. The van der Waals surface area contributed by atoms with Gasteiger partial charge in [0.05, 0.1) is 10.8 Å². The molecule has 0 aliphatic heterocycles. The maximum absolute atomic E-state index is 12.5. The van der Waals surface area contributed by atoms with Crippen molar-refractivity contribution in [3.8, 4) is 0 Å². The number of alkyl halides is 1. The highest BCUT2D eigenvalue weighted by Gasteiger charge is 2.47. The lowest BCUT2D eigenvalue weighted by atomic mass is 9.99. The molecule has 1 aromatic rings. The van der Waals surface area contributed by atoms with E-state index in [1.165, 1.54) is 19.1 Å². The van der Waals surface area contributed by atoms with Crippen LogP contribution >= 0.6 is 11.6 Å². The molecule has 19 heavy (non-hydrogen) atoms. The predicted octanol–water partition coefficient (Wildman–Crippen LogP) is 2.32. The Morgan fingerprint density at radius 1 is 1.37 bits per heavy atom. The zero-order valence-electron chi connectivity index (χ0n) is 11.0. The minimum Gasteiger partial charge on any atom is -0.300 e. The molecule has 0 saturated carbocycles. The molecule has 2 N–H and O–H groups in total. The minimum atomic E-state index is -3.98. The molecule has 0 saturated heterocycles. The van der Waals surface area contributed by atoms with Gasteiger partial charge in [-0.05, 0) is 25.5 Å². The molecule has 2 unspecified atom stereocenters. The van der Waals surface area contributed by atoms with Crippen LogP contribution in [-0.4, -0.2) is 18.5 Å². The SMILES string of the molecule is CCCC(C(C)=O)C(N)(Cl)S(=O)(=O)c1ccccc1. The van der Waals surface area contributed by atoms with Gasteiger partial charge >= 0.3 is 0 Å². The Bertz CT molecular complexity index is 540. The van der Waals surface area contributed by atoms with Crippen LogP contribution < -0.4 is 5.73 Å². The fourth-order valence-corrected chi connectivity index (χ4v) is 4.00. The first-order chi connectivity index (χ1) is 8.75. The van der Waals surface area contributed by atoms with Gasteiger partial charge in [0.2, 0.25) is 14.2 Å². The van der Waals surface area contributed by atoms with Gasteiger partial charge in [0.25, 0.3) is 0 Å². The molecule has 0 aromatic heterocycles. The third-order valence-corrected chi connectivity index (χ3v) is 5.88. The van der Waals surface area contributed by atoms with Crippen LogP contribution in [0.25, 0.3) is 0 Å². The summed E-state index contributed by atoms with van der Waals surface area (Å²) in [7, 11) is -3.98. The predicted molar refractivity (Wildman–Crippen MR) is 75.5 cm³/mol. The van der Waals surface area contributed by atoms with Gasteiger partial charge in [-0.2, -0.15) is 0 Å². The van der Waals surface area contributed by atoms with Crippen LogP contribution in [0, 0.1) is 5.92 Å². The number of hydrogen-bond donors (Lipinski definition) is 1.